The Morgan fingerprint density at radius 2 is 2.43 bits per heavy atom. The molecule has 0 aliphatic carbocycles. The van der Waals surface area contributed by atoms with Gasteiger partial charge in [-0.3, -0.25) is 4.79 Å². The summed E-state index contributed by atoms with van der Waals surface area (Å²) in [4.78, 5) is 17.6. The van der Waals surface area contributed by atoms with Crippen molar-refractivity contribution in [2.45, 2.75) is 38.8 Å². The number of oxazole rings is 1. The molecule has 1 aliphatic rings. The SMILES string of the molecule is Cc1oc(-c2cccs2)nc1C(=O)N[C@@H](C)[C@@H]1CCCO1. The van der Waals surface area contributed by atoms with Crippen LogP contribution in [0.3, 0.4) is 0 Å². The zero-order valence-electron chi connectivity index (χ0n) is 12.1. The van der Waals surface area contributed by atoms with Crippen LogP contribution in [-0.4, -0.2) is 29.6 Å². The minimum absolute atomic E-state index is 0.0266. The summed E-state index contributed by atoms with van der Waals surface area (Å²) in [5.41, 5.74) is 0.350. The minimum atomic E-state index is -0.206. The summed E-state index contributed by atoms with van der Waals surface area (Å²) in [5, 5.41) is 4.91. The number of carbonyl (C=O) groups is 1. The Balaban J connectivity index is 1.72. The first-order valence-electron chi connectivity index (χ1n) is 7.09. The van der Waals surface area contributed by atoms with Gasteiger partial charge in [0.05, 0.1) is 17.0 Å². The molecule has 6 heteroatoms. The molecule has 21 heavy (non-hydrogen) atoms. The number of ether oxygens (including phenoxy) is 1. The standard InChI is InChI=1S/C15H18N2O3S/c1-9(11-5-3-7-19-11)16-14(18)13-10(2)20-15(17-13)12-6-4-8-21-12/h4,6,8-9,11H,3,5,7H2,1-2H3,(H,16,18)/t9-,11-/m0/s1. The van der Waals surface area contributed by atoms with Crippen molar-refractivity contribution in [1.29, 1.82) is 0 Å². The first-order chi connectivity index (χ1) is 10.1. The lowest BCUT2D eigenvalue weighted by molar-refractivity contribution is 0.0709. The Morgan fingerprint density at radius 1 is 1.57 bits per heavy atom. The highest BCUT2D eigenvalue weighted by molar-refractivity contribution is 7.13. The number of rotatable bonds is 4. The molecule has 0 aromatic carbocycles. The summed E-state index contributed by atoms with van der Waals surface area (Å²) in [6, 6.07) is 3.83. The molecule has 3 rings (SSSR count). The van der Waals surface area contributed by atoms with Crippen molar-refractivity contribution in [3.8, 4) is 10.8 Å². The fraction of sp³-hybridized carbons (Fsp3) is 0.467. The maximum absolute atomic E-state index is 12.3. The number of amides is 1. The molecule has 5 nitrogen and oxygen atoms in total. The van der Waals surface area contributed by atoms with E-state index < -0.39 is 0 Å². The van der Waals surface area contributed by atoms with Crippen LogP contribution in [0.25, 0.3) is 10.8 Å². The second-order valence-corrected chi connectivity index (χ2v) is 6.16. The van der Waals surface area contributed by atoms with Crippen molar-refractivity contribution >= 4 is 17.2 Å². The van der Waals surface area contributed by atoms with Crippen LogP contribution in [0.5, 0.6) is 0 Å². The summed E-state index contributed by atoms with van der Waals surface area (Å²) in [6.07, 6.45) is 2.13. The largest absolute Gasteiger partial charge is 0.440 e. The lowest BCUT2D eigenvalue weighted by Gasteiger charge is -2.19. The predicted molar refractivity (Wildman–Crippen MR) is 80.5 cm³/mol. The quantitative estimate of drug-likeness (QED) is 0.943. The molecule has 1 saturated heterocycles. The Morgan fingerprint density at radius 3 is 3.10 bits per heavy atom. The fourth-order valence-electron chi connectivity index (χ4n) is 2.48. The molecule has 0 unspecified atom stereocenters. The van der Waals surface area contributed by atoms with Gasteiger partial charge in [0.1, 0.15) is 5.76 Å². The molecule has 1 fully saturated rings. The number of thiophene rings is 1. The maximum atomic E-state index is 12.3. The van der Waals surface area contributed by atoms with Crippen LogP contribution in [0.15, 0.2) is 21.9 Å². The summed E-state index contributed by atoms with van der Waals surface area (Å²) in [7, 11) is 0. The van der Waals surface area contributed by atoms with Gasteiger partial charge in [0, 0.05) is 6.61 Å². The number of nitrogens with one attached hydrogen (secondary N) is 1. The van der Waals surface area contributed by atoms with Crippen molar-refractivity contribution in [2.75, 3.05) is 6.61 Å². The first kappa shape index (κ1) is 14.3. The van der Waals surface area contributed by atoms with E-state index in [-0.39, 0.29) is 18.1 Å². The van der Waals surface area contributed by atoms with E-state index in [9.17, 15) is 4.79 Å². The maximum Gasteiger partial charge on any atom is 0.273 e. The van der Waals surface area contributed by atoms with Crippen molar-refractivity contribution in [1.82, 2.24) is 10.3 Å². The molecular formula is C15H18N2O3S. The van der Waals surface area contributed by atoms with E-state index in [0.29, 0.717) is 17.3 Å². The highest BCUT2D eigenvalue weighted by Crippen LogP contribution is 2.26. The van der Waals surface area contributed by atoms with Crippen molar-refractivity contribution in [3.63, 3.8) is 0 Å². The van der Waals surface area contributed by atoms with E-state index in [1.165, 1.54) is 11.3 Å². The average molecular weight is 306 g/mol. The molecule has 1 aliphatic heterocycles. The second-order valence-electron chi connectivity index (χ2n) is 5.21. The van der Waals surface area contributed by atoms with Gasteiger partial charge in [-0.05, 0) is 38.1 Å². The van der Waals surface area contributed by atoms with Crippen LogP contribution in [0, 0.1) is 6.92 Å². The predicted octanol–water partition coefficient (Wildman–Crippen LogP) is 3.01. The topological polar surface area (TPSA) is 64.4 Å². The normalized spacial score (nSPS) is 19.6. The van der Waals surface area contributed by atoms with E-state index in [4.69, 9.17) is 9.15 Å². The van der Waals surface area contributed by atoms with Gasteiger partial charge in [0.15, 0.2) is 5.69 Å². The van der Waals surface area contributed by atoms with Gasteiger partial charge in [-0.2, -0.15) is 0 Å². The average Bonchev–Trinajstić information content (AvgIpc) is 3.20. The van der Waals surface area contributed by atoms with Crippen LogP contribution in [0.1, 0.15) is 36.0 Å². The van der Waals surface area contributed by atoms with Gasteiger partial charge in [-0.25, -0.2) is 4.98 Å². The molecule has 1 N–H and O–H groups in total. The zero-order valence-corrected chi connectivity index (χ0v) is 12.9. The third-order valence-corrected chi connectivity index (χ3v) is 4.48. The van der Waals surface area contributed by atoms with E-state index in [1.54, 1.807) is 6.92 Å². The van der Waals surface area contributed by atoms with E-state index >= 15 is 0 Å². The number of nitrogens with zero attached hydrogens (tertiary/aromatic N) is 1. The number of aryl methyl sites for hydroxylation is 1. The van der Waals surface area contributed by atoms with Gasteiger partial charge in [0.2, 0.25) is 5.89 Å². The van der Waals surface area contributed by atoms with Crippen molar-refractivity contribution < 1.29 is 13.9 Å². The molecule has 112 valence electrons. The van der Waals surface area contributed by atoms with Gasteiger partial charge < -0.3 is 14.5 Å². The van der Waals surface area contributed by atoms with E-state index in [1.807, 2.05) is 24.4 Å². The van der Waals surface area contributed by atoms with Gasteiger partial charge in [-0.1, -0.05) is 6.07 Å². The lowest BCUT2D eigenvalue weighted by atomic mass is 10.1. The second kappa shape index (κ2) is 5.99. The third kappa shape index (κ3) is 3.01. The van der Waals surface area contributed by atoms with E-state index in [0.717, 1.165) is 24.3 Å². The summed E-state index contributed by atoms with van der Waals surface area (Å²) in [5.74, 6) is 0.829. The Bertz CT molecular complexity index is 615. The highest BCUT2D eigenvalue weighted by Gasteiger charge is 2.26. The van der Waals surface area contributed by atoms with Crippen LogP contribution >= 0.6 is 11.3 Å². The number of hydrogen-bond acceptors (Lipinski definition) is 5. The van der Waals surface area contributed by atoms with Crippen LogP contribution in [0.2, 0.25) is 0 Å². The molecule has 2 aromatic rings. The van der Waals surface area contributed by atoms with Crippen LogP contribution < -0.4 is 5.32 Å². The Kier molecular flexibility index (Phi) is 4.07. The fourth-order valence-corrected chi connectivity index (χ4v) is 3.13. The summed E-state index contributed by atoms with van der Waals surface area (Å²) >= 11 is 1.54. The Labute approximate surface area is 127 Å². The van der Waals surface area contributed by atoms with Gasteiger partial charge in [0.25, 0.3) is 5.91 Å². The van der Waals surface area contributed by atoms with Crippen LogP contribution in [-0.2, 0) is 4.74 Å². The van der Waals surface area contributed by atoms with Gasteiger partial charge >= 0.3 is 0 Å². The van der Waals surface area contributed by atoms with Crippen molar-refractivity contribution in [3.05, 3.63) is 29.0 Å². The number of carbonyl (C=O) groups excluding carboxylic acids is 1. The molecule has 0 saturated carbocycles. The molecular weight excluding hydrogens is 288 g/mol. The highest BCUT2D eigenvalue weighted by atomic mass is 32.1. The smallest absolute Gasteiger partial charge is 0.273 e. The van der Waals surface area contributed by atoms with Crippen LogP contribution in [0.4, 0.5) is 0 Å². The Hall–Kier alpha value is -1.66. The summed E-state index contributed by atoms with van der Waals surface area (Å²) < 4.78 is 11.2. The molecule has 0 spiro atoms. The molecule has 0 bridgehead atoms. The molecule has 1 amide bonds. The van der Waals surface area contributed by atoms with Gasteiger partial charge in [-0.15, -0.1) is 11.3 Å². The zero-order chi connectivity index (χ0) is 14.8. The molecule has 0 radical (unpaired) electrons. The van der Waals surface area contributed by atoms with E-state index in [2.05, 4.69) is 10.3 Å². The third-order valence-electron chi connectivity index (χ3n) is 3.62. The molecule has 2 atom stereocenters. The monoisotopic (exact) mass is 306 g/mol. The number of aromatic nitrogens is 1. The van der Waals surface area contributed by atoms with Crippen molar-refractivity contribution in [2.24, 2.45) is 0 Å². The lowest BCUT2D eigenvalue weighted by Crippen LogP contribution is -2.41. The molecule has 2 aromatic heterocycles. The molecule has 3 heterocycles. The minimum Gasteiger partial charge on any atom is -0.440 e. The number of hydrogen-bond donors (Lipinski definition) is 1. The first-order valence-corrected chi connectivity index (χ1v) is 7.97. The summed E-state index contributed by atoms with van der Waals surface area (Å²) in [6.45, 7) is 4.50.